The number of ether oxygens (including phenoxy) is 1. The summed E-state index contributed by atoms with van der Waals surface area (Å²) in [6.07, 6.45) is 0. The Kier molecular flexibility index (Phi) is 3.74. The van der Waals surface area contributed by atoms with Crippen LogP contribution in [0, 0.1) is 6.92 Å². The largest absolute Gasteiger partial charge is 0.497 e. The predicted octanol–water partition coefficient (Wildman–Crippen LogP) is 3.46. The minimum Gasteiger partial charge on any atom is -0.497 e. The molecule has 2 heterocycles. The Bertz CT molecular complexity index is 1030. The molecule has 0 unspecified atom stereocenters. The Morgan fingerprint density at radius 1 is 1.12 bits per heavy atom. The summed E-state index contributed by atoms with van der Waals surface area (Å²) >= 11 is 0. The van der Waals surface area contributed by atoms with Gasteiger partial charge in [0.15, 0.2) is 5.82 Å². The summed E-state index contributed by atoms with van der Waals surface area (Å²) in [5.41, 5.74) is 9.67. The Balaban J connectivity index is 1.98. The topological polar surface area (TPSA) is 79.1 Å². The average molecular weight is 334 g/mol. The van der Waals surface area contributed by atoms with Crippen LogP contribution in [0.3, 0.4) is 0 Å². The molecule has 25 heavy (non-hydrogen) atoms. The first-order valence-corrected chi connectivity index (χ1v) is 7.99. The second kappa shape index (κ2) is 6.07. The molecule has 0 fully saturated rings. The first-order chi connectivity index (χ1) is 12.2. The molecule has 2 aromatic heterocycles. The third kappa shape index (κ3) is 2.66. The van der Waals surface area contributed by atoms with Gasteiger partial charge in [0, 0.05) is 17.6 Å². The van der Waals surface area contributed by atoms with E-state index in [9.17, 15) is 0 Å². The van der Waals surface area contributed by atoms with Crippen molar-refractivity contribution in [2.45, 2.75) is 13.5 Å². The summed E-state index contributed by atoms with van der Waals surface area (Å²) in [5.74, 6) is 1.88. The number of hydrogen-bond donors (Lipinski definition) is 1. The summed E-state index contributed by atoms with van der Waals surface area (Å²) < 4.78 is 12.9. The molecule has 2 N–H and O–H groups in total. The molecule has 4 rings (SSSR count). The molecule has 0 aliphatic heterocycles. The number of nitrogens with zero attached hydrogens (tertiary/aromatic N) is 3. The minimum atomic E-state index is 0.482. The lowest BCUT2D eigenvalue weighted by Gasteiger charge is -2.10. The van der Waals surface area contributed by atoms with E-state index in [1.165, 1.54) is 0 Å². The quantitative estimate of drug-likeness (QED) is 0.618. The standard InChI is InChI=1S/C19H18N4O2/c1-12-21-19(25-22-12)18-10-14-9-16(24-2)7-8-17(14)23(18)15-5-3-13(11-20)4-6-15/h3-10H,11,20H2,1-2H3. The first kappa shape index (κ1) is 15.4. The highest BCUT2D eigenvalue weighted by atomic mass is 16.5. The molecule has 126 valence electrons. The van der Waals surface area contributed by atoms with Gasteiger partial charge < -0.3 is 19.6 Å². The van der Waals surface area contributed by atoms with Crippen molar-refractivity contribution in [3.05, 3.63) is 59.9 Å². The molecular formula is C19H18N4O2. The maximum absolute atomic E-state index is 5.71. The van der Waals surface area contributed by atoms with Crippen LogP contribution in [0.5, 0.6) is 5.75 Å². The molecule has 4 aromatic rings. The predicted molar refractivity (Wildman–Crippen MR) is 95.7 cm³/mol. The molecule has 0 spiro atoms. The molecule has 0 amide bonds. The first-order valence-electron chi connectivity index (χ1n) is 7.99. The summed E-state index contributed by atoms with van der Waals surface area (Å²) in [6.45, 7) is 2.32. The van der Waals surface area contributed by atoms with E-state index in [1.54, 1.807) is 14.0 Å². The van der Waals surface area contributed by atoms with Crippen molar-refractivity contribution < 1.29 is 9.26 Å². The van der Waals surface area contributed by atoms with Gasteiger partial charge in [0.25, 0.3) is 5.89 Å². The molecule has 0 saturated heterocycles. The molecule has 0 bridgehead atoms. The number of hydrogen-bond acceptors (Lipinski definition) is 5. The third-order valence-electron chi connectivity index (χ3n) is 4.19. The number of aryl methyl sites for hydroxylation is 1. The van der Waals surface area contributed by atoms with Crippen LogP contribution in [0.25, 0.3) is 28.2 Å². The number of fused-ring (bicyclic) bond motifs is 1. The van der Waals surface area contributed by atoms with Crippen molar-refractivity contribution in [1.82, 2.24) is 14.7 Å². The summed E-state index contributed by atoms with van der Waals surface area (Å²) in [4.78, 5) is 4.39. The summed E-state index contributed by atoms with van der Waals surface area (Å²) in [6, 6.07) is 16.1. The van der Waals surface area contributed by atoms with E-state index in [-0.39, 0.29) is 0 Å². The molecule has 0 aliphatic carbocycles. The Labute approximate surface area is 144 Å². The van der Waals surface area contributed by atoms with Gasteiger partial charge >= 0.3 is 0 Å². The van der Waals surface area contributed by atoms with E-state index in [0.29, 0.717) is 18.3 Å². The van der Waals surface area contributed by atoms with Crippen molar-refractivity contribution in [2.75, 3.05) is 7.11 Å². The van der Waals surface area contributed by atoms with Gasteiger partial charge in [0.2, 0.25) is 0 Å². The zero-order valence-corrected chi connectivity index (χ0v) is 14.1. The monoisotopic (exact) mass is 334 g/mol. The highest BCUT2D eigenvalue weighted by Crippen LogP contribution is 2.32. The van der Waals surface area contributed by atoms with Gasteiger partial charge in [-0.3, -0.25) is 0 Å². The maximum atomic E-state index is 5.71. The number of benzene rings is 2. The molecule has 0 atom stereocenters. The number of aromatic nitrogens is 3. The molecule has 6 nitrogen and oxygen atoms in total. The highest BCUT2D eigenvalue weighted by Gasteiger charge is 2.17. The van der Waals surface area contributed by atoms with Crippen molar-refractivity contribution in [3.63, 3.8) is 0 Å². The van der Waals surface area contributed by atoms with Crippen LogP contribution in [0.4, 0.5) is 0 Å². The van der Waals surface area contributed by atoms with Crippen LogP contribution in [-0.2, 0) is 6.54 Å². The van der Waals surface area contributed by atoms with Crippen LogP contribution in [0.1, 0.15) is 11.4 Å². The average Bonchev–Trinajstić information content (AvgIpc) is 3.24. The Morgan fingerprint density at radius 3 is 2.56 bits per heavy atom. The smallest absolute Gasteiger partial charge is 0.274 e. The highest BCUT2D eigenvalue weighted by molar-refractivity contribution is 5.89. The second-order valence-corrected chi connectivity index (χ2v) is 5.81. The van der Waals surface area contributed by atoms with Gasteiger partial charge in [-0.2, -0.15) is 4.98 Å². The number of rotatable bonds is 4. The summed E-state index contributed by atoms with van der Waals surface area (Å²) in [7, 11) is 1.66. The van der Waals surface area contributed by atoms with Gasteiger partial charge in [-0.1, -0.05) is 17.3 Å². The van der Waals surface area contributed by atoms with Gasteiger partial charge in [-0.25, -0.2) is 0 Å². The van der Waals surface area contributed by atoms with Crippen molar-refractivity contribution in [1.29, 1.82) is 0 Å². The van der Waals surface area contributed by atoms with Crippen molar-refractivity contribution in [3.8, 4) is 23.0 Å². The zero-order valence-electron chi connectivity index (χ0n) is 14.1. The number of nitrogens with two attached hydrogens (primary N) is 1. The second-order valence-electron chi connectivity index (χ2n) is 5.81. The zero-order chi connectivity index (χ0) is 17.4. The molecule has 0 radical (unpaired) electrons. The minimum absolute atomic E-state index is 0.482. The van der Waals surface area contributed by atoms with Crippen LogP contribution in [0.2, 0.25) is 0 Å². The van der Waals surface area contributed by atoms with E-state index >= 15 is 0 Å². The molecule has 6 heteroatoms. The van der Waals surface area contributed by atoms with E-state index < -0.39 is 0 Å². The van der Waals surface area contributed by atoms with E-state index in [4.69, 9.17) is 15.0 Å². The SMILES string of the molecule is COc1ccc2c(c1)cc(-c1nc(C)no1)n2-c1ccc(CN)cc1. The lowest BCUT2D eigenvalue weighted by Crippen LogP contribution is -1.99. The summed E-state index contributed by atoms with van der Waals surface area (Å²) in [5, 5.41) is 4.95. The van der Waals surface area contributed by atoms with E-state index in [0.717, 1.165) is 33.6 Å². The van der Waals surface area contributed by atoms with Crippen LogP contribution in [0.15, 0.2) is 53.1 Å². The fraction of sp³-hybridized carbons (Fsp3) is 0.158. The van der Waals surface area contributed by atoms with E-state index in [2.05, 4.69) is 14.7 Å². The van der Waals surface area contributed by atoms with Crippen LogP contribution >= 0.6 is 0 Å². The molecule has 2 aromatic carbocycles. The lowest BCUT2D eigenvalue weighted by molar-refractivity contribution is 0.415. The van der Waals surface area contributed by atoms with Crippen molar-refractivity contribution >= 4 is 10.9 Å². The van der Waals surface area contributed by atoms with Gasteiger partial charge in [0.1, 0.15) is 11.4 Å². The molecule has 0 saturated carbocycles. The fourth-order valence-corrected chi connectivity index (χ4v) is 2.94. The van der Waals surface area contributed by atoms with E-state index in [1.807, 2.05) is 48.5 Å². The normalized spacial score (nSPS) is 11.2. The molecule has 0 aliphatic rings. The third-order valence-corrected chi connectivity index (χ3v) is 4.19. The van der Waals surface area contributed by atoms with Gasteiger partial charge in [-0.15, -0.1) is 0 Å². The van der Waals surface area contributed by atoms with Crippen LogP contribution in [-0.4, -0.2) is 21.8 Å². The lowest BCUT2D eigenvalue weighted by atomic mass is 10.2. The maximum Gasteiger partial charge on any atom is 0.274 e. The Morgan fingerprint density at radius 2 is 1.92 bits per heavy atom. The van der Waals surface area contributed by atoms with Gasteiger partial charge in [-0.05, 0) is 48.9 Å². The Hall–Kier alpha value is -3.12. The van der Waals surface area contributed by atoms with Crippen molar-refractivity contribution in [2.24, 2.45) is 5.73 Å². The molecular weight excluding hydrogens is 316 g/mol. The number of methoxy groups -OCH3 is 1. The van der Waals surface area contributed by atoms with Crippen LogP contribution < -0.4 is 10.5 Å². The fourth-order valence-electron chi connectivity index (χ4n) is 2.94. The van der Waals surface area contributed by atoms with Gasteiger partial charge in [0.05, 0.1) is 12.6 Å².